The Labute approximate surface area is 221 Å². The van der Waals surface area contributed by atoms with Gasteiger partial charge in [0.15, 0.2) is 0 Å². The Hall–Kier alpha value is -4.15. The molecule has 0 saturated carbocycles. The molecule has 0 unspecified atom stereocenters. The Morgan fingerprint density at radius 1 is 1.11 bits per heavy atom. The Kier molecular flexibility index (Phi) is 7.90. The van der Waals surface area contributed by atoms with Crippen molar-refractivity contribution in [2.75, 3.05) is 13.7 Å². The average Bonchev–Trinajstić information content (AvgIpc) is 3.33. The first-order valence-electron chi connectivity index (χ1n) is 12.1. The van der Waals surface area contributed by atoms with Crippen LogP contribution in [-0.4, -0.2) is 40.1 Å². The maximum absolute atomic E-state index is 13.5. The van der Waals surface area contributed by atoms with Crippen LogP contribution in [0.15, 0.2) is 71.4 Å². The number of nitriles is 1. The Bertz CT molecular complexity index is 1450. The van der Waals surface area contributed by atoms with Crippen LogP contribution in [0.4, 0.5) is 0 Å². The van der Waals surface area contributed by atoms with E-state index in [4.69, 9.17) is 21.4 Å². The van der Waals surface area contributed by atoms with E-state index in [-0.39, 0.29) is 12.1 Å². The van der Waals surface area contributed by atoms with E-state index in [1.165, 1.54) is 4.90 Å². The SMILES string of the molecule is CCCCCN1C(=O)C(C#N)=C(C)/C(=C\c2cn(-c3ccccc3)nc2-c2ccc(OC)c(Cl)c2)C1=O. The van der Waals surface area contributed by atoms with Gasteiger partial charge in [0.2, 0.25) is 0 Å². The number of carbonyl (C=O) groups excluding carboxylic acids is 2. The Morgan fingerprint density at radius 3 is 2.51 bits per heavy atom. The lowest BCUT2D eigenvalue weighted by molar-refractivity contribution is -0.140. The van der Waals surface area contributed by atoms with Crippen LogP contribution in [0.3, 0.4) is 0 Å². The lowest BCUT2D eigenvalue weighted by Crippen LogP contribution is -2.43. The van der Waals surface area contributed by atoms with Gasteiger partial charge in [-0.25, -0.2) is 4.68 Å². The van der Waals surface area contributed by atoms with Gasteiger partial charge in [-0.3, -0.25) is 14.5 Å². The van der Waals surface area contributed by atoms with Crippen molar-refractivity contribution in [2.24, 2.45) is 0 Å². The molecule has 7 nitrogen and oxygen atoms in total. The third kappa shape index (κ3) is 5.20. The summed E-state index contributed by atoms with van der Waals surface area (Å²) in [4.78, 5) is 27.6. The molecule has 1 aliphatic rings. The van der Waals surface area contributed by atoms with E-state index in [0.29, 0.717) is 39.6 Å². The van der Waals surface area contributed by atoms with Gasteiger partial charge in [0, 0.05) is 29.4 Å². The average molecular weight is 515 g/mol. The Morgan fingerprint density at radius 2 is 1.86 bits per heavy atom. The Balaban J connectivity index is 1.88. The molecule has 2 aromatic carbocycles. The van der Waals surface area contributed by atoms with E-state index in [0.717, 1.165) is 24.1 Å². The van der Waals surface area contributed by atoms with Crippen molar-refractivity contribution >= 4 is 29.5 Å². The highest BCUT2D eigenvalue weighted by molar-refractivity contribution is 6.32. The van der Waals surface area contributed by atoms with E-state index in [9.17, 15) is 14.9 Å². The van der Waals surface area contributed by atoms with Gasteiger partial charge in [0.1, 0.15) is 23.1 Å². The third-order valence-electron chi connectivity index (χ3n) is 6.30. The number of halogens is 1. The van der Waals surface area contributed by atoms with Crippen molar-refractivity contribution in [3.63, 3.8) is 0 Å². The van der Waals surface area contributed by atoms with Crippen molar-refractivity contribution in [2.45, 2.75) is 33.1 Å². The van der Waals surface area contributed by atoms with E-state index >= 15 is 0 Å². The van der Waals surface area contributed by atoms with E-state index in [1.807, 2.05) is 55.6 Å². The monoisotopic (exact) mass is 514 g/mol. The molecule has 0 atom stereocenters. The first-order valence-corrected chi connectivity index (χ1v) is 12.5. The number of hydrogen-bond acceptors (Lipinski definition) is 5. The third-order valence-corrected chi connectivity index (χ3v) is 6.59. The number of aromatic nitrogens is 2. The van der Waals surface area contributed by atoms with Crippen LogP contribution in [0.2, 0.25) is 5.02 Å². The summed E-state index contributed by atoms with van der Waals surface area (Å²) in [6, 6.07) is 17.0. The maximum atomic E-state index is 13.5. The van der Waals surface area contributed by atoms with Crippen molar-refractivity contribution < 1.29 is 14.3 Å². The fraction of sp³-hybridized carbons (Fsp3) is 0.241. The molecule has 2 heterocycles. The summed E-state index contributed by atoms with van der Waals surface area (Å²) in [5, 5.41) is 14.9. The van der Waals surface area contributed by atoms with Gasteiger partial charge in [0.25, 0.3) is 11.8 Å². The van der Waals surface area contributed by atoms with Gasteiger partial charge < -0.3 is 4.74 Å². The summed E-state index contributed by atoms with van der Waals surface area (Å²) >= 11 is 6.41. The molecule has 2 amide bonds. The van der Waals surface area contributed by atoms with E-state index < -0.39 is 11.8 Å². The molecular formula is C29H27ClN4O3. The van der Waals surface area contributed by atoms with Gasteiger partial charge in [-0.15, -0.1) is 0 Å². The number of benzene rings is 2. The number of unbranched alkanes of at least 4 members (excludes halogenated alkanes) is 2. The fourth-order valence-electron chi connectivity index (χ4n) is 4.25. The highest BCUT2D eigenvalue weighted by atomic mass is 35.5. The molecule has 0 saturated heterocycles. The van der Waals surface area contributed by atoms with Crippen LogP contribution in [0, 0.1) is 11.3 Å². The zero-order chi connectivity index (χ0) is 26.5. The molecule has 0 spiro atoms. The molecule has 37 heavy (non-hydrogen) atoms. The van der Waals surface area contributed by atoms with Gasteiger partial charge >= 0.3 is 0 Å². The highest BCUT2D eigenvalue weighted by Gasteiger charge is 2.35. The molecule has 0 radical (unpaired) electrons. The number of amides is 2. The number of hydrogen-bond donors (Lipinski definition) is 0. The van der Waals surface area contributed by atoms with Gasteiger partial charge in [0.05, 0.1) is 17.8 Å². The summed E-state index contributed by atoms with van der Waals surface area (Å²) in [6.45, 7) is 3.95. The summed E-state index contributed by atoms with van der Waals surface area (Å²) < 4.78 is 7.01. The number of nitrogens with zero attached hydrogens (tertiary/aromatic N) is 4. The van der Waals surface area contributed by atoms with Crippen LogP contribution >= 0.6 is 11.6 Å². The molecule has 188 valence electrons. The van der Waals surface area contributed by atoms with Crippen LogP contribution in [0.1, 0.15) is 38.7 Å². The zero-order valence-electron chi connectivity index (χ0n) is 21.0. The second-order valence-electron chi connectivity index (χ2n) is 8.70. The highest BCUT2D eigenvalue weighted by Crippen LogP contribution is 2.34. The molecular weight excluding hydrogens is 488 g/mol. The quantitative estimate of drug-likeness (QED) is 0.209. The fourth-order valence-corrected chi connectivity index (χ4v) is 4.51. The number of ether oxygens (including phenoxy) is 1. The predicted octanol–water partition coefficient (Wildman–Crippen LogP) is 5.98. The first kappa shape index (κ1) is 25.9. The first-order chi connectivity index (χ1) is 17.9. The summed E-state index contributed by atoms with van der Waals surface area (Å²) in [5.74, 6) is -0.418. The van der Waals surface area contributed by atoms with Crippen LogP contribution in [0.5, 0.6) is 5.75 Å². The number of rotatable bonds is 8. The molecule has 0 N–H and O–H groups in total. The molecule has 0 fully saturated rings. The smallest absolute Gasteiger partial charge is 0.271 e. The number of para-hydroxylation sites is 1. The second kappa shape index (κ2) is 11.3. The predicted molar refractivity (Wildman–Crippen MR) is 143 cm³/mol. The van der Waals surface area contributed by atoms with Gasteiger partial charge in [-0.05, 0) is 55.3 Å². The lowest BCUT2D eigenvalue weighted by Gasteiger charge is -2.27. The molecule has 0 aliphatic carbocycles. The van der Waals surface area contributed by atoms with Crippen molar-refractivity contribution in [3.05, 3.63) is 82.0 Å². The molecule has 1 aromatic heterocycles. The second-order valence-corrected chi connectivity index (χ2v) is 9.11. The molecule has 3 aromatic rings. The standard InChI is InChI=1S/C29H27ClN4O3/c1-4-5-9-14-33-28(35)23(19(2)24(17-31)29(33)36)15-21-18-34(22-10-7-6-8-11-22)32-27(21)20-12-13-26(37-3)25(30)16-20/h6-8,10-13,15-16,18H,4-5,9,14H2,1-3H3/b23-15+. The lowest BCUT2D eigenvalue weighted by atomic mass is 9.93. The van der Waals surface area contributed by atoms with Crippen LogP contribution in [-0.2, 0) is 9.59 Å². The molecule has 0 bridgehead atoms. The van der Waals surface area contributed by atoms with Crippen LogP contribution in [0.25, 0.3) is 23.0 Å². The van der Waals surface area contributed by atoms with E-state index in [2.05, 4.69) is 0 Å². The molecule has 4 rings (SSSR count). The van der Waals surface area contributed by atoms with Crippen molar-refractivity contribution in [1.29, 1.82) is 5.26 Å². The summed E-state index contributed by atoms with van der Waals surface area (Å²) in [5.41, 5.74) is 3.43. The number of imide groups is 1. The zero-order valence-corrected chi connectivity index (χ0v) is 21.7. The van der Waals surface area contributed by atoms with Crippen molar-refractivity contribution in [1.82, 2.24) is 14.7 Å². The number of carbonyl (C=O) groups is 2. The van der Waals surface area contributed by atoms with Gasteiger partial charge in [-0.1, -0.05) is 49.6 Å². The summed E-state index contributed by atoms with van der Waals surface area (Å²) in [7, 11) is 1.55. The summed E-state index contributed by atoms with van der Waals surface area (Å²) in [6.07, 6.45) is 6.03. The normalized spacial score (nSPS) is 14.9. The minimum absolute atomic E-state index is 0.0214. The molecule has 1 aliphatic heterocycles. The minimum atomic E-state index is -0.541. The molecule has 8 heteroatoms. The number of methoxy groups -OCH3 is 1. The largest absolute Gasteiger partial charge is 0.495 e. The maximum Gasteiger partial charge on any atom is 0.271 e. The van der Waals surface area contributed by atoms with Gasteiger partial charge in [-0.2, -0.15) is 10.4 Å². The topological polar surface area (TPSA) is 88.2 Å². The van der Waals surface area contributed by atoms with E-state index in [1.54, 1.807) is 36.9 Å². The minimum Gasteiger partial charge on any atom is -0.495 e. The van der Waals surface area contributed by atoms with Crippen LogP contribution < -0.4 is 4.74 Å². The van der Waals surface area contributed by atoms with Crippen molar-refractivity contribution in [3.8, 4) is 28.8 Å².